The molecule has 2 rings (SSSR count). The Balaban J connectivity index is 2.25. The fourth-order valence-corrected chi connectivity index (χ4v) is 1.71. The van der Waals surface area contributed by atoms with E-state index in [4.69, 9.17) is 0 Å². The standard InChI is InChI=1S/C15H14N2O2/c1-2-14(18)11-7-3-4-8-12(11)17-15(19)13-9-5-6-10-16-13/h3-10H,2H2,1H3,(H,17,19). The Kier molecular flexibility index (Phi) is 4.03. The number of nitrogens with one attached hydrogen (secondary N) is 1. The van der Waals surface area contributed by atoms with Gasteiger partial charge in [0.1, 0.15) is 5.69 Å². The molecule has 0 fully saturated rings. The quantitative estimate of drug-likeness (QED) is 0.853. The van der Waals surface area contributed by atoms with Crippen LogP contribution < -0.4 is 5.32 Å². The monoisotopic (exact) mass is 254 g/mol. The van der Waals surface area contributed by atoms with Gasteiger partial charge in [-0.1, -0.05) is 25.1 Å². The fraction of sp³-hybridized carbons (Fsp3) is 0.133. The van der Waals surface area contributed by atoms with Gasteiger partial charge in [0.15, 0.2) is 5.78 Å². The molecule has 4 heteroatoms. The number of carbonyl (C=O) groups excluding carboxylic acids is 2. The Morgan fingerprint density at radius 1 is 1.11 bits per heavy atom. The van der Waals surface area contributed by atoms with Crippen LogP contribution in [-0.2, 0) is 0 Å². The number of Topliss-reactive ketones (excluding diaryl/α,β-unsaturated/α-hetero) is 1. The van der Waals surface area contributed by atoms with Crippen LogP contribution in [0.25, 0.3) is 0 Å². The molecule has 1 N–H and O–H groups in total. The molecule has 0 atom stereocenters. The Bertz CT molecular complexity index is 594. The van der Waals surface area contributed by atoms with E-state index >= 15 is 0 Å². The number of ketones is 1. The Morgan fingerprint density at radius 2 is 1.84 bits per heavy atom. The highest BCUT2D eigenvalue weighted by molar-refractivity contribution is 6.08. The van der Waals surface area contributed by atoms with Gasteiger partial charge in [-0.3, -0.25) is 14.6 Å². The molecule has 0 aliphatic rings. The zero-order chi connectivity index (χ0) is 13.7. The summed E-state index contributed by atoms with van der Waals surface area (Å²) in [5, 5.41) is 2.72. The van der Waals surface area contributed by atoms with Gasteiger partial charge in [0.2, 0.25) is 0 Å². The van der Waals surface area contributed by atoms with E-state index < -0.39 is 0 Å². The predicted octanol–water partition coefficient (Wildman–Crippen LogP) is 2.93. The van der Waals surface area contributed by atoms with E-state index in [1.54, 1.807) is 55.6 Å². The molecule has 1 heterocycles. The minimum Gasteiger partial charge on any atom is -0.320 e. The topological polar surface area (TPSA) is 59.1 Å². The molecule has 2 aromatic rings. The van der Waals surface area contributed by atoms with Gasteiger partial charge in [0, 0.05) is 18.2 Å². The average Bonchev–Trinajstić information content (AvgIpc) is 2.48. The van der Waals surface area contributed by atoms with E-state index in [1.165, 1.54) is 0 Å². The van der Waals surface area contributed by atoms with E-state index in [2.05, 4.69) is 10.3 Å². The molecule has 1 amide bonds. The van der Waals surface area contributed by atoms with Crippen molar-refractivity contribution in [1.82, 2.24) is 4.98 Å². The molecule has 0 unspecified atom stereocenters. The summed E-state index contributed by atoms with van der Waals surface area (Å²) in [7, 11) is 0. The van der Waals surface area contributed by atoms with E-state index in [9.17, 15) is 9.59 Å². The Hall–Kier alpha value is -2.49. The van der Waals surface area contributed by atoms with Crippen molar-refractivity contribution >= 4 is 17.4 Å². The molecule has 0 bridgehead atoms. The second kappa shape index (κ2) is 5.91. The zero-order valence-corrected chi connectivity index (χ0v) is 10.6. The highest BCUT2D eigenvalue weighted by Crippen LogP contribution is 2.17. The number of rotatable bonds is 4. The van der Waals surface area contributed by atoms with E-state index in [1.807, 2.05) is 0 Å². The van der Waals surface area contributed by atoms with E-state index in [0.29, 0.717) is 23.4 Å². The van der Waals surface area contributed by atoms with Crippen molar-refractivity contribution in [1.29, 1.82) is 0 Å². The molecule has 0 aliphatic carbocycles. The first kappa shape index (κ1) is 13.0. The third-order valence-corrected chi connectivity index (χ3v) is 2.69. The van der Waals surface area contributed by atoms with Crippen molar-refractivity contribution in [2.75, 3.05) is 5.32 Å². The molecule has 0 radical (unpaired) electrons. The van der Waals surface area contributed by atoms with Crippen LogP contribution in [0.3, 0.4) is 0 Å². The first-order chi connectivity index (χ1) is 9.22. The molecular weight excluding hydrogens is 240 g/mol. The Labute approximate surface area is 111 Å². The fourth-order valence-electron chi connectivity index (χ4n) is 1.71. The van der Waals surface area contributed by atoms with Crippen LogP contribution in [0.2, 0.25) is 0 Å². The number of para-hydroxylation sites is 1. The number of carbonyl (C=O) groups is 2. The smallest absolute Gasteiger partial charge is 0.274 e. The summed E-state index contributed by atoms with van der Waals surface area (Å²) >= 11 is 0. The highest BCUT2D eigenvalue weighted by atomic mass is 16.2. The number of amides is 1. The van der Waals surface area contributed by atoms with Crippen LogP contribution in [0.1, 0.15) is 34.2 Å². The molecule has 0 saturated carbocycles. The first-order valence-electron chi connectivity index (χ1n) is 6.07. The van der Waals surface area contributed by atoms with Crippen LogP contribution >= 0.6 is 0 Å². The maximum Gasteiger partial charge on any atom is 0.274 e. The van der Waals surface area contributed by atoms with Gasteiger partial charge in [-0.2, -0.15) is 0 Å². The molecule has 96 valence electrons. The summed E-state index contributed by atoms with van der Waals surface area (Å²) in [5.74, 6) is -0.325. The summed E-state index contributed by atoms with van der Waals surface area (Å²) in [6.45, 7) is 1.79. The van der Waals surface area contributed by atoms with Gasteiger partial charge in [-0.15, -0.1) is 0 Å². The zero-order valence-electron chi connectivity index (χ0n) is 10.6. The summed E-state index contributed by atoms with van der Waals surface area (Å²) < 4.78 is 0. The second-order valence-corrected chi connectivity index (χ2v) is 3.99. The molecule has 0 spiro atoms. The maximum absolute atomic E-state index is 12.0. The number of hydrogen-bond donors (Lipinski definition) is 1. The predicted molar refractivity (Wildman–Crippen MR) is 73.3 cm³/mol. The largest absolute Gasteiger partial charge is 0.320 e. The summed E-state index contributed by atoms with van der Waals surface area (Å²) in [6, 6.07) is 12.1. The van der Waals surface area contributed by atoms with Crippen molar-refractivity contribution in [3.63, 3.8) is 0 Å². The average molecular weight is 254 g/mol. The SMILES string of the molecule is CCC(=O)c1ccccc1NC(=O)c1ccccn1. The van der Waals surface area contributed by atoms with Gasteiger partial charge >= 0.3 is 0 Å². The van der Waals surface area contributed by atoms with Crippen LogP contribution in [0.5, 0.6) is 0 Å². The molecule has 0 aliphatic heterocycles. The molecule has 1 aromatic carbocycles. The van der Waals surface area contributed by atoms with E-state index in [0.717, 1.165) is 0 Å². The number of nitrogens with zero attached hydrogens (tertiary/aromatic N) is 1. The number of benzene rings is 1. The van der Waals surface area contributed by atoms with Gasteiger partial charge in [-0.05, 0) is 24.3 Å². The molecule has 0 saturated heterocycles. The lowest BCUT2D eigenvalue weighted by Crippen LogP contribution is -2.15. The number of anilines is 1. The van der Waals surface area contributed by atoms with Crippen molar-refractivity contribution in [3.8, 4) is 0 Å². The number of pyridine rings is 1. The minimum absolute atomic E-state index is 0.00285. The van der Waals surface area contributed by atoms with Crippen LogP contribution in [0.4, 0.5) is 5.69 Å². The number of aromatic nitrogens is 1. The lowest BCUT2D eigenvalue weighted by atomic mass is 10.1. The van der Waals surface area contributed by atoms with Gasteiger partial charge in [-0.25, -0.2) is 0 Å². The summed E-state index contributed by atoms with van der Waals surface area (Å²) in [6.07, 6.45) is 1.95. The Morgan fingerprint density at radius 3 is 2.53 bits per heavy atom. The van der Waals surface area contributed by atoms with Crippen molar-refractivity contribution in [2.45, 2.75) is 13.3 Å². The normalized spacial score (nSPS) is 9.95. The molecule has 4 nitrogen and oxygen atoms in total. The van der Waals surface area contributed by atoms with Gasteiger partial charge in [0.05, 0.1) is 5.69 Å². The summed E-state index contributed by atoms with van der Waals surface area (Å²) in [4.78, 5) is 27.8. The van der Waals surface area contributed by atoms with E-state index in [-0.39, 0.29) is 11.7 Å². The molecule has 1 aromatic heterocycles. The van der Waals surface area contributed by atoms with Crippen molar-refractivity contribution < 1.29 is 9.59 Å². The second-order valence-electron chi connectivity index (χ2n) is 3.99. The van der Waals surface area contributed by atoms with Crippen molar-refractivity contribution in [3.05, 3.63) is 59.9 Å². The maximum atomic E-state index is 12.0. The minimum atomic E-state index is -0.322. The van der Waals surface area contributed by atoms with Crippen molar-refractivity contribution in [2.24, 2.45) is 0 Å². The molecular formula is C15H14N2O2. The first-order valence-corrected chi connectivity index (χ1v) is 6.07. The van der Waals surface area contributed by atoms with Crippen LogP contribution in [0.15, 0.2) is 48.7 Å². The lowest BCUT2D eigenvalue weighted by molar-refractivity contribution is 0.0989. The third kappa shape index (κ3) is 3.04. The van der Waals surface area contributed by atoms with Crippen LogP contribution in [0, 0.1) is 0 Å². The number of hydrogen-bond acceptors (Lipinski definition) is 3. The molecule has 19 heavy (non-hydrogen) atoms. The van der Waals surface area contributed by atoms with Gasteiger partial charge < -0.3 is 5.32 Å². The lowest BCUT2D eigenvalue weighted by Gasteiger charge is -2.09. The van der Waals surface area contributed by atoms with Gasteiger partial charge in [0.25, 0.3) is 5.91 Å². The highest BCUT2D eigenvalue weighted by Gasteiger charge is 2.12. The third-order valence-electron chi connectivity index (χ3n) is 2.69. The van der Waals surface area contributed by atoms with Crippen LogP contribution in [-0.4, -0.2) is 16.7 Å². The summed E-state index contributed by atoms with van der Waals surface area (Å²) in [5.41, 5.74) is 1.36.